The molecule has 2 N–H and O–H groups in total. The Labute approximate surface area is 122 Å². The van der Waals surface area contributed by atoms with Crippen molar-refractivity contribution in [1.82, 2.24) is 4.90 Å². The molecule has 1 heterocycles. The van der Waals surface area contributed by atoms with Gasteiger partial charge in [0, 0.05) is 11.1 Å². The molecule has 0 amide bonds. The van der Waals surface area contributed by atoms with Gasteiger partial charge in [-0.05, 0) is 45.3 Å². The van der Waals surface area contributed by atoms with Crippen molar-refractivity contribution >= 4 is 0 Å². The molecule has 0 saturated heterocycles. The third kappa shape index (κ3) is 2.13. The molecule has 1 aromatic carbocycles. The summed E-state index contributed by atoms with van der Waals surface area (Å²) >= 11 is 0. The van der Waals surface area contributed by atoms with Crippen molar-refractivity contribution < 1.29 is 4.74 Å². The van der Waals surface area contributed by atoms with Crippen LogP contribution in [0.3, 0.4) is 0 Å². The van der Waals surface area contributed by atoms with Crippen LogP contribution in [0.15, 0.2) is 18.2 Å². The molecule has 1 unspecified atom stereocenters. The molecule has 1 fully saturated rings. The Hall–Kier alpha value is -1.06. The number of nitrogens with two attached hydrogens (primary N) is 1. The van der Waals surface area contributed by atoms with E-state index in [4.69, 9.17) is 10.5 Å². The van der Waals surface area contributed by atoms with Crippen LogP contribution in [0, 0.1) is 0 Å². The van der Waals surface area contributed by atoms with Crippen LogP contribution in [0.25, 0.3) is 0 Å². The molecule has 0 aromatic heterocycles. The fourth-order valence-electron chi connectivity index (χ4n) is 3.97. The normalized spacial score (nSPS) is 22.4. The summed E-state index contributed by atoms with van der Waals surface area (Å²) in [7, 11) is 4.34. The summed E-state index contributed by atoms with van der Waals surface area (Å²) < 4.78 is 5.96. The summed E-state index contributed by atoms with van der Waals surface area (Å²) in [4.78, 5) is 2.34. The first-order chi connectivity index (χ1) is 9.65. The summed E-state index contributed by atoms with van der Waals surface area (Å²) in [6, 6.07) is 6.52. The Kier molecular flexibility index (Phi) is 3.74. The third-order valence-corrected chi connectivity index (χ3v) is 5.24. The van der Waals surface area contributed by atoms with Crippen LogP contribution in [0.4, 0.5) is 0 Å². The van der Waals surface area contributed by atoms with Crippen molar-refractivity contribution in [2.24, 2.45) is 5.73 Å². The number of hydrogen-bond acceptors (Lipinski definition) is 3. The lowest BCUT2D eigenvalue weighted by atomic mass is 9.81. The van der Waals surface area contributed by atoms with Gasteiger partial charge < -0.3 is 15.4 Å². The predicted molar refractivity (Wildman–Crippen MR) is 82.1 cm³/mol. The molecule has 1 aliphatic carbocycles. The molecule has 0 bridgehead atoms. The molecule has 2 aliphatic rings. The van der Waals surface area contributed by atoms with Gasteiger partial charge in [-0.1, -0.05) is 31.0 Å². The summed E-state index contributed by atoms with van der Waals surface area (Å²) in [5.41, 5.74) is 9.37. The minimum absolute atomic E-state index is 0.0352. The Morgan fingerprint density at radius 3 is 2.65 bits per heavy atom. The van der Waals surface area contributed by atoms with E-state index in [1.807, 2.05) is 0 Å². The molecular formula is C17H26N2O. The lowest BCUT2D eigenvalue weighted by Gasteiger charge is -2.42. The van der Waals surface area contributed by atoms with Crippen molar-refractivity contribution in [2.45, 2.75) is 50.1 Å². The number of benzene rings is 1. The van der Waals surface area contributed by atoms with Gasteiger partial charge in [-0.15, -0.1) is 0 Å². The number of fused-ring (bicyclic) bond motifs is 1. The number of aryl methyl sites for hydroxylation is 1. The Balaban J connectivity index is 1.99. The highest BCUT2D eigenvalue weighted by atomic mass is 16.5. The molecule has 1 atom stereocenters. The largest absolute Gasteiger partial charge is 0.493 e. The van der Waals surface area contributed by atoms with Crippen LogP contribution in [0.2, 0.25) is 0 Å². The molecule has 3 rings (SSSR count). The van der Waals surface area contributed by atoms with Crippen molar-refractivity contribution in [3.63, 3.8) is 0 Å². The quantitative estimate of drug-likeness (QED) is 0.921. The number of rotatable bonds is 3. The zero-order chi connectivity index (χ0) is 14.2. The number of hydrogen-bond donors (Lipinski definition) is 1. The number of para-hydroxylation sites is 1. The van der Waals surface area contributed by atoms with E-state index in [1.54, 1.807) is 0 Å². The van der Waals surface area contributed by atoms with Crippen LogP contribution >= 0.6 is 0 Å². The monoisotopic (exact) mass is 274 g/mol. The second-order valence-corrected chi connectivity index (χ2v) is 6.47. The van der Waals surface area contributed by atoms with E-state index < -0.39 is 0 Å². The van der Waals surface area contributed by atoms with E-state index >= 15 is 0 Å². The van der Waals surface area contributed by atoms with Crippen LogP contribution in [-0.2, 0) is 6.42 Å². The fourth-order valence-corrected chi connectivity index (χ4v) is 3.97. The standard InChI is InChI=1S/C17H26N2O/c1-19(2)17(10-3-4-11-17)16(18)14-9-5-7-13-8-6-12-20-15(13)14/h5,7,9,16H,3-4,6,8,10-12,18H2,1-2H3. The van der Waals surface area contributed by atoms with E-state index in [1.165, 1.54) is 36.8 Å². The molecular weight excluding hydrogens is 248 g/mol. The van der Waals surface area contributed by atoms with E-state index in [-0.39, 0.29) is 11.6 Å². The Morgan fingerprint density at radius 2 is 1.95 bits per heavy atom. The zero-order valence-corrected chi connectivity index (χ0v) is 12.7. The van der Waals surface area contributed by atoms with Gasteiger partial charge in [0.25, 0.3) is 0 Å². The first kappa shape index (κ1) is 13.9. The highest BCUT2D eigenvalue weighted by molar-refractivity contribution is 5.45. The summed E-state index contributed by atoms with van der Waals surface area (Å²) in [5, 5.41) is 0. The number of ether oxygens (including phenoxy) is 1. The number of likely N-dealkylation sites (N-methyl/N-ethyl adjacent to an activating group) is 1. The van der Waals surface area contributed by atoms with Crippen LogP contribution in [0.1, 0.15) is 49.3 Å². The predicted octanol–water partition coefficient (Wildman–Crippen LogP) is 2.89. The maximum atomic E-state index is 6.74. The van der Waals surface area contributed by atoms with Crippen molar-refractivity contribution in [2.75, 3.05) is 20.7 Å². The average molecular weight is 274 g/mol. The van der Waals surface area contributed by atoms with Gasteiger partial charge in [0.1, 0.15) is 5.75 Å². The van der Waals surface area contributed by atoms with Crippen molar-refractivity contribution in [3.8, 4) is 5.75 Å². The molecule has 110 valence electrons. The van der Waals surface area contributed by atoms with E-state index in [9.17, 15) is 0 Å². The highest BCUT2D eigenvalue weighted by Gasteiger charge is 2.43. The molecule has 3 heteroatoms. The first-order valence-electron chi connectivity index (χ1n) is 7.83. The van der Waals surface area contributed by atoms with E-state index in [2.05, 4.69) is 37.2 Å². The Bertz CT molecular complexity index is 478. The van der Waals surface area contributed by atoms with Gasteiger partial charge in [-0.25, -0.2) is 0 Å². The van der Waals surface area contributed by atoms with Gasteiger partial charge in [-0.3, -0.25) is 0 Å². The van der Waals surface area contributed by atoms with Gasteiger partial charge in [-0.2, -0.15) is 0 Å². The zero-order valence-electron chi connectivity index (χ0n) is 12.7. The maximum absolute atomic E-state index is 6.74. The average Bonchev–Trinajstić information content (AvgIpc) is 2.97. The minimum Gasteiger partial charge on any atom is -0.493 e. The molecule has 1 aromatic rings. The smallest absolute Gasteiger partial charge is 0.127 e. The topological polar surface area (TPSA) is 38.5 Å². The maximum Gasteiger partial charge on any atom is 0.127 e. The lowest BCUT2D eigenvalue weighted by Crippen LogP contribution is -2.50. The van der Waals surface area contributed by atoms with E-state index in [0.29, 0.717) is 0 Å². The molecule has 0 spiro atoms. The second-order valence-electron chi connectivity index (χ2n) is 6.47. The van der Waals surface area contributed by atoms with Crippen LogP contribution in [-0.4, -0.2) is 31.1 Å². The number of nitrogens with zero attached hydrogens (tertiary/aromatic N) is 1. The lowest BCUT2D eigenvalue weighted by molar-refractivity contribution is 0.121. The Morgan fingerprint density at radius 1 is 1.20 bits per heavy atom. The van der Waals surface area contributed by atoms with Gasteiger partial charge in [0.05, 0.1) is 12.6 Å². The van der Waals surface area contributed by atoms with Crippen LogP contribution in [0.5, 0.6) is 5.75 Å². The molecule has 1 saturated carbocycles. The molecule has 0 radical (unpaired) electrons. The summed E-state index contributed by atoms with van der Waals surface area (Å²) in [5.74, 6) is 1.07. The summed E-state index contributed by atoms with van der Waals surface area (Å²) in [6.45, 7) is 0.825. The fraction of sp³-hybridized carbons (Fsp3) is 0.647. The molecule has 3 nitrogen and oxygen atoms in total. The van der Waals surface area contributed by atoms with E-state index in [0.717, 1.165) is 25.2 Å². The third-order valence-electron chi connectivity index (χ3n) is 5.24. The molecule has 20 heavy (non-hydrogen) atoms. The van der Waals surface area contributed by atoms with Gasteiger partial charge >= 0.3 is 0 Å². The molecule has 1 aliphatic heterocycles. The second kappa shape index (κ2) is 5.38. The van der Waals surface area contributed by atoms with Gasteiger partial charge in [0.15, 0.2) is 0 Å². The van der Waals surface area contributed by atoms with Crippen molar-refractivity contribution in [3.05, 3.63) is 29.3 Å². The summed E-state index contributed by atoms with van der Waals surface area (Å²) in [6.07, 6.45) is 7.16. The van der Waals surface area contributed by atoms with Crippen LogP contribution < -0.4 is 10.5 Å². The van der Waals surface area contributed by atoms with Crippen molar-refractivity contribution in [1.29, 1.82) is 0 Å². The first-order valence-corrected chi connectivity index (χ1v) is 7.83. The SMILES string of the molecule is CN(C)C1(C(N)c2cccc3c2OCCC3)CCCC1. The highest BCUT2D eigenvalue weighted by Crippen LogP contribution is 2.45. The van der Waals surface area contributed by atoms with Gasteiger partial charge in [0.2, 0.25) is 0 Å². The minimum atomic E-state index is 0.0352.